The van der Waals surface area contributed by atoms with Gasteiger partial charge in [0.25, 0.3) is 5.91 Å². The number of hydrogen-bond acceptors (Lipinski definition) is 7. The van der Waals surface area contributed by atoms with Gasteiger partial charge in [-0.15, -0.1) is 11.3 Å². The lowest BCUT2D eigenvalue weighted by atomic mass is 9.80. The Hall–Kier alpha value is -1.76. The molecule has 0 aliphatic carbocycles. The molecule has 4 heterocycles. The standard InChI is InChI=1S/C14H19N3O3S.C2HF3O2/c18-13(17-3-1-4-20-17)14-9-16(6-11(14)8-19-10-14)7-12-15-2-5-21-12;3-2(4,5)1(6)7/h2,5,11H,1,3-4,6-10H2;(H,6,7)/t11-,14-;/m1./s1. The van der Waals surface area contributed by atoms with Crippen LogP contribution in [0.3, 0.4) is 0 Å². The number of carbonyl (C=O) groups is 2. The normalized spacial score (nSPS) is 27.4. The van der Waals surface area contributed by atoms with Gasteiger partial charge >= 0.3 is 12.1 Å². The SMILES string of the molecule is O=C(N1CCCO1)[C@]12COC[C@H]1CN(Cc1nccs1)C2.O=C(O)C(F)(F)F. The molecule has 0 saturated carbocycles. The van der Waals surface area contributed by atoms with Gasteiger partial charge in [0.2, 0.25) is 0 Å². The third-order valence-corrected chi connectivity index (χ3v) is 5.70. The number of thiazole rings is 1. The second-order valence-electron chi connectivity index (χ2n) is 6.86. The summed E-state index contributed by atoms with van der Waals surface area (Å²) in [6.07, 6.45) is -2.32. The summed E-state index contributed by atoms with van der Waals surface area (Å²) in [7, 11) is 0. The van der Waals surface area contributed by atoms with Gasteiger partial charge in [0.1, 0.15) is 5.01 Å². The lowest BCUT2D eigenvalue weighted by Gasteiger charge is -2.29. The number of ether oxygens (including phenoxy) is 1. The van der Waals surface area contributed by atoms with Crippen molar-refractivity contribution in [3.8, 4) is 0 Å². The van der Waals surface area contributed by atoms with Crippen molar-refractivity contribution >= 4 is 23.2 Å². The molecule has 4 rings (SSSR count). The van der Waals surface area contributed by atoms with Gasteiger partial charge in [-0.1, -0.05) is 0 Å². The summed E-state index contributed by atoms with van der Waals surface area (Å²) in [5.74, 6) is -2.37. The fourth-order valence-corrected chi connectivity index (χ4v) is 4.30. The molecule has 3 aliphatic rings. The minimum atomic E-state index is -5.08. The highest BCUT2D eigenvalue weighted by molar-refractivity contribution is 7.09. The van der Waals surface area contributed by atoms with Gasteiger partial charge < -0.3 is 9.84 Å². The number of aliphatic carboxylic acids is 1. The van der Waals surface area contributed by atoms with E-state index in [9.17, 15) is 18.0 Å². The van der Waals surface area contributed by atoms with Gasteiger partial charge in [-0.3, -0.25) is 14.5 Å². The lowest BCUT2D eigenvalue weighted by molar-refractivity contribution is -0.192. The molecule has 3 fully saturated rings. The van der Waals surface area contributed by atoms with Crippen molar-refractivity contribution in [1.29, 1.82) is 0 Å². The fourth-order valence-electron chi connectivity index (χ4n) is 3.64. The Balaban J connectivity index is 0.000000279. The zero-order chi connectivity index (χ0) is 20.4. The van der Waals surface area contributed by atoms with Crippen molar-refractivity contribution in [3.63, 3.8) is 0 Å². The molecule has 0 spiro atoms. The van der Waals surface area contributed by atoms with E-state index in [1.165, 1.54) is 0 Å². The number of likely N-dealkylation sites (tertiary alicyclic amines) is 1. The number of carboxylic acid groups (broad SMARTS) is 1. The van der Waals surface area contributed by atoms with E-state index >= 15 is 0 Å². The first-order valence-electron chi connectivity index (χ1n) is 8.66. The van der Waals surface area contributed by atoms with Gasteiger partial charge in [0, 0.05) is 30.6 Å². The lowest BCUT2D eigenvalue weighted by Crippen LogP contribution is -2.47. The second kappa shape index (κ2) is 8.31. The molecule has 28 heavy (non-hydrogen) atoms. The monoisotopic (exact) mass is 423 g/mol. The molecule has 2 atom stereocenters. The maximum Gasteiger partial charge on any atom is 0.490 e. The molecule has 0 bridgehead atoms. The van der Waals surface area contributed by atoms with E-state index in [4.69, 9.17) is 19.5 Å². The third kappa shape index (κ3) is 4.45. The highest BCUT2D eigenvalue weighted by Crippen LogP contribution is 2.43. The summed E-state index contributed by atoms with van der Waals surface area (Å²) in [4.78, 5) is 33.9. The van der Waals surface area contributed by atoms with Crippen LogP contribution in [-0.4, -0.2) is 77.6 Å². The zero-order valence-corrected chi connectivity index (χ0v) is 15.7. The number of fused-ring (bicyclic) bond motifs is 1. The van der Waals surface area contributed by atoms with Gasteiger partial charge in [0.15, 0.2) is 0 Å². The number of rotatable bonds is 3. The van der Waals surface area contributed by atoms with Crippen molar-refractivity contribution in [2.45, 2.75) is 19.1 Å². The van der Waals surface area contributed by atoms with Crippen LogP contribution in [-0.2, 0) is 25.7 Å². The van der Waals surface area contributed by atoms with Crippen LogP contribution in [0.5, 0.6) is 0 Å². The molecule has 156 valence electrons. The topological polar surface area (TPSA) is 92.2 Å². The maximum atomic E-state index is 12.9. The molecule has 12 heteroatoms. The molecule has 1 amide bonds. The predicted octanol–water partition coefficient (Wildman–Crippen LogP) is 1.39. The molecule has 3 saturated heterocycles. The number of alkyl halides is 3. The summed E-state index contributed by atoms with van der Waals surface area (Å²) in [5.41, 5.74) is -0.415. The Morgan fingerprint density at radius 1 is 1.43 bits per heavy atom. The van der Waals surface area contributed by atoms with E-state index in [2.05, 4.69) is 9.88 Å². The second-order valence-corrected chi connectivity index (χ2v) is 7.84. The fraction of sp³-hybridized carbons (Fsp3) is 0.688. The summed E-state index contributed by atoms with van der Waals surface area (Å²) in [5, 5.41) is 11.8. The van der Waals surface area contributed by atoms with Crippen LogP contribution in [0.2, 0.25) is 0 Å². The Kier molecular flexibility index (Phi) is 6.22. The van der Waals surface area contributed by atoms with Crippen LogP contribution in [0.15, 0.2) is 11.6 Å². The minimum Gasteiger partial charge on any atom is -0.475 e. The molecule has 8 nitrogen and oxygen atoms in total. The average Bonchev–Trinajstić information content (AvgIpc) is 3.39. The average molecular weight is 423 g/mol. The molecule has 0 aromatic carbocycles. The first kappa shape index (κ1) is 21.0. The first-order valence-corrected chi connectivity index (χ1v) is 9.54. The van der Waals surface area contributed by atoms with E-state index in [-0.39, 0.29) is 11.8 Å². The Bertz CT molecular complexity index is 696. The summed E-state index contributed by atoms with van der Waals surface area (Å²) in [6, 6.07) is 0. The van der Waals surface area contributed by atoms with Crippen molar-refractivity contribution in [2.24, 2.45) is 11.3 Å². The molecule has 0 unspecified atom stereocenters. The Morgan fingerprint density at radius 2 is 2.18 bits per heavy atom. The minimum absolute atomic E-state index is 0.115. The van der Waals surface area contributed by atoms with E-state index in [0.29, 0.717) is 26.4 Å². The third-order valence-electron chi connectivity index (χ3n) is 4.93. The maximum absolute atomic E-state index is 12.9. The largest absolute Gasteiger partial charge is 0.490 e. The number of carbonyl (C=O) groups excluding carboxylic acids is 1. The number of halogens is 3. The molecule has 3 aliphatic heterocycles. The Labute approximate surface area is 162 Å². The number of hydrogen-bond donors (Lipinski definition) is 1. The highest BCUT2D eigenvalue weighted by Gasteiger charge is 2.57. The molecule has 0 radical (unpaired) electrons. The van der Waals surface area contributed by atoms with Crippen LogP contribution in [0.4, 0.5) is 13.2 Å². The van der Waals surface area contributed by atoms with Gasteiger partial charge in [-0.25, -0.2) is 14.8 Å². The molecule has 1 aromatic rings. The number of aromatic nitrogens is 1. The van der Waals surface area contributed by atoms with Crippen LogP contribution < -0.4 is 0 Å². The van der Waals surface area contributed by atoms with Crippen LogP contribution >= 0.6 is 11.3 Å². The number of nitrogens with zero attached hydrogens (tertiary/aromatic N) is 3. The number of amides is 1. The van der Waals surface area contributed by atoms with Gasteiger partial charge in [-0.05, 0) is 6.42 Å². The van der Waals surface area contributed by atoms with Crippen molar-refractivity contribution in [3.05, 3.63) is 16.6 Å². The smallest absolute Gasteiger partial charge is 0.475 e. The van der Waals surface area contributed by atoms with Crippen LogP contribution in [0.1, 0.15) is 11.4 Å². The van der Waals surface area contributed by atoms with E-state index in [1.807, 2.05) is 11.6 Å². The van der Waals surface area contributed by atoms with Crippen LogP contribution in [0.25, 0.3) is 0 Å². The van der Waals surface area contributed by atoms with E-state index in [0.717, 1.165) is 31.1 Å². The van der Waals surface area contributed by atoms with Gasteiger partial charge in [0.05, 0.1) is 38.3 Å². The Morgan fingerprint density at radius 3 is 2.75 bits per heavy atom. The molecular weight excluding hydrogens is 403 g/mol. The number of hydroxylamine groups is 2. The van der Waals surface area contributed by atoms with Crippen molar-refractivity contribution < 1.29 is 37.4 Å². The highest BCUT2D eigenvalue weighted by atomic mass is 32.1. The summed E-state index contributed by atoms with van der Waals surface area (Å²) < 4.78 is 37.4. The predicted molar refractivity (Wildman–Crippen MR) is 90.1 cm³/mol. The molecule has 1 N–H and O–H groups in total. The molecular formula is C16H20F3N3O5S. The summed E-state index contributed by atoms with van der Waals surface area (Å²) >= 11 is 1.67. The quantitative estimate of drug-likeness (QED) is 0.786. The zero-order valence-electron chi connectivity index (χ0n) is 14.9. The van der Waals surface area contributed by atoms with E-state index in [1.54, 1.807) is 16.4 Å². The summed E-state index contributed by atoms with van der Waals surface area (Å²) in [6.45, 7) is 5.02. The van der Waals surface area contributed by atoms with E-state index < -0.39 is 17.6 Å². The number of carboxylic acids is 1. The first-order chi connectivity index (χ1) is 13.2. The van der Waals surface area contributed by atoms with Crippen LogP contribution in [0, 0.1) is 11.3 Å². The van der Waals surface area contributed by atoms with Crippen molar-refractivity contribution in [1.82, 2.24) is 14.9 Å². The van der Waals surface area contributed by atoms with Gasteiger partial charge in [-0.2, -0.15) is 13.2 Å². The van der Waals surface area contributed by atoms with Crippen molar-refractivity contribution in [2.75, 3.05) is 39.5 Å². The molecule has 1 aromatic heterocycles.